The predicted molar refractivity (Wildman–Crippen MR) is 114 cm³/mol. The van der Waals surface area contributed by atoms with Crippen LogP contribution >= 0.6 is 0 Å². The van der Waals surface area contributed by atoms with Crippen LogP contribution in [-0.4, -0.2) is 45.8 Å². The number of hydrogen-bond donors (Lipinski definition) is 0. The van der Waals surface area contributed by atoms with E-state index in [9.17, 15) is 8.42 Å². The van der Waals surface area contributed by atoms with Crippen LogP contribution in [0.15, 0.2) is 47.4 Å². The van der Waals surface area contributed by atoms with E-state index in [2.05, 4.69) is 24.0 Å². The number of rotatable bonds is 7. The van der Waals surface area contributed by atoms with Gasteiger partial charge in [0.15, 0.2) is 9.84 Å². The molecule has 1 heterocycles. The summed E-state index contributed by atoms with van der Waals surface area (Å²) in [4.78, 5) is 2.67. The minimum absolute atomic E-state index is 0.287. The fraction of sp³-hybridized carbons (Fsp3) is 0.391. The fourth-order valence-electron chi connectivity index (χ4n) is 3.78. The van der Waals surface area contributed by atoms with Gasteiger partial charge in [-0.05, 0) is 60.4 Å². The van der Waals surface area contributed by atoms with E-state index in [1.54, 1.807) is 30.3 Å². The van der Waals surface area contributed by atoms with Crippen LogP contribution in [0.2, 0.25) is 0 Å². The standard InChI is InChI=1S/C23H25N3O3S/c1-17-14-26(8-7-18-9-19(12-24)11-20(10-18)13-25)15-21(17)16-29-22-3-5-23(6-4-22)30(2,27)28/h3-6,9-11,17,21H,7-8,14-16H2,1-2H3. The Morgan fingerprint density at radius 3 is 2.27 bits per heavy atom. The lowest BCUT2D eigenvalue weighted by atomic mass is 9.99. The van der Waals surface area contributed by atoms with Crippen LogP contribution in [0.3, 0.4) is 0 Å². The molecule has 2 aromatic carbocycles. The van der Waals surface area contributed by atoms with Gasteiger partial charge in [0.2, 0.25) is 0 Å². The topological polar surface area (TPSA) is 94.2 Å². The molecule has 0 aliphatic carbocycles. The zero-order valence-corrected chi connectivity index (χ0v) is 18.0. The zero-order chi connectivity index (χ0) is 21.7. The smallest absolute Gasteiger partial charge is 0.175 e. The van der Waals surface area contributed by atoms with Gasteiger partial charge in [0.25, 0.3) is 0 Å². The van der Waals surface area contributed by atoms with E-state index in [1.165, 1.54) is 6.26 Å². The predicted octanol–water partition coefficient (Wildman–Crippen LogP) is 3.02. The number of sulfone groups is 1. The van der Waals surface area contributed by atoms with Crippen molar-refractivity contribution in [3.63, 3.8) is 0 Å². The summed E-state index contributed by atoms with van der Waals surface area (Å²) in [5, 5.41) is 18.3. The molecule has 7 heteroatoms. The molecule has 0 spiro atoms. The van der Waals surface area contributed by atoms with Gasteiger partial charge in [0.05, 0.1) is 34.8 Å². The van der Waals surface area contributed by atoms with E-state index in [-0.39, 0.29) is 4.90 Å². The Morgan fingerprint density at radius 1 is 1.07 bits per heavy atom. The number of ether oxygens (including phenoxy) is 1. The molecule has 1 aliphatic heterocycles. The molecule has 0 amide bonds. The van der Waals surface area contributed by atoms with Gasteiger partial charge in [-0.1, -0.05) is 6.92 Å². The van der Waals surface area contributed by atoms with Crippen molar-refractivity contribution in [2.45, 2.75) is 18.2 Å². The summed E-state index contributed by atoms with van der Waals surface area (Å²) < 4.78 is 29.0. The maximum Gasteiger partial charge on any atom is 0.175 e. The Labute approximate surface area is 178 Å². The minimum atomic E-state index is -3.20. The van der Waals surface area contributed by atoms with Crippen molar-refractivity contribution in [2.75, 3.05) is 32.5 Å². The Balaban J connectivity index is 1.52. The van der Waals surface area contributed by atoms with Crippen molar-refractivity contribution < 1.29 is 13.2 Å². The molecule has 2 unspecified atom stereocenters. The van der Waals surface area contributed by atoms with E-state index < -0.39 is 9.84 Å². The zero-order valence-electron chi connectivity index (χ0n) is 17.2. The summed E-state index contributed by atoms with van der Waals surface area (Å²) in [6, 6.07) is 16.1. The van der Waals surface area contributed by atoms with Crippen molar-refractivity contribution in [1.82, 2.24) is 4.90 Å². The summed E-state index contributed by atoms with van der Waals surface area (Å²) in [5.41, 5.74) is 2.04. The first-order valence-corrected chi connectivity index (χ1v) is 11.8. The van der Waals surface area contributed by atoms with Gasteiger partial charge < -0.3 is 9.64 Å². The van der Waals surface area contributed by atoms with Crippen LogP contribution in [0.1, 0.15) is 23.6 Å². The molecule has 0 bridgehead atoms. The molecule has 30 heavy (non-hydrogen) atoms. The highest BCUT2D eigenvalue weighted by Crippen LogP contribution is 2.25. The largest absolute Gasteiger partial charge is 0.493 e. The molecule has 0 aromatic heterocycles. The first kappa shape index (κ1) is 21.8. The van der Waals surface area contributed by atoms with Crippen molar-refractivity contribution in [3.05, 3.63) is 59.2 Å². The summed E-state index contributed by atoms with van der Waals surface area (Å²) >= 11 is 0. The Kier molecular flexibility index (Phi) is 6.77. The lowest BCUT2D eigenvalue weighted by molar-refractivity contribution is 0.225. The second-order valence-corrected chi connectivity index (χ2v) is 9.96. The van der Waals surface area contributed by atoms with Crippen LogP contribution in [0, 0.1) is 34.5 Å². The monoisotopic (exact) mass is 423 g/mol. The van der Waals surface area contributed by atoms with Crippen LogP contribution in [-0.2, 0) is 16.3 Å². The van der Waals surface area contributed by atoms with Gasteiger partial charge in [-0.25, -0.2) is 8.42 Å². The number of likely N-dealkylation sites (tertiary alicyclic amines) is 1. The second-order valence-electron chi connectivity index (χ2n) is 7.94. The van der Waals surface area contributed by atoms with E-state index in [0.717, 1.165) is 31.6 Å². The summed E-state index contributed by atoms with van der Waals surface area (Å²) in [6.07, 6.45) is 1.98. The van der Waals surface area contributed by atoms with E-state index in [1.807, 2.05) is 12.1 Å². The minimum Gasteiger partial charge on any atom is -0.493 e. The Bertz CT molecular complexity index is 1050. The number of hydrogen-bond acceptors (Lipinski definition) is 6. The third-order valence-electron chi connectivity index (χ3n) is 5.53. The maximum atomic E-state index is 11.5. The molecule has 156 valence electrons. The van der Waals surface area contributed by atoms with Gasteiger partial charge in [-0.3, -0.25) is 0 Å². The third kappa shape index (κ3) is 5.60. The fourth-order valence-corrected chi connectivity index (χ4v) is 4.41. The molecule has 2 aromatic rings. The molecule has 6 nitrogen and oxygen atoms in total. The van der Waals surface area contributed by atoms with Gasteiger partial charge in [-0.2, -0.15) is 10.5 Å². The van der Waals surface area contributed by atoms with E-state index in [0.29, 0.717) is 35.3 Å². The molecular formula is C23H25N3O3S. The first-order chi connectivity index (χ1) is 14.3. The lowest BCUT2D eigenvalue weighted by Crippen LogP contribution is -2.24. The number of benzene rings is 2. The summed E-state index contributed by atoms with van der Waals surface area (Å²) in [6.45, 7) is 5.56. The van der Waals surface area contributed by atoms with Crippen molar-refractivity contribution in [2.24, 2.45) is 11.8 Å². The second kappa shape index (κ2) is 9.30. The highest BCUT2D eigenvalue weighted by molar-refractivity contribution is 7.90. The highest BCUT2D eigenvalue weighted by atomic mass is 32.2. The number of nitrogens with zero attached hydrogens (tertiary/aromatic N) is 3. The first-order valence-electron chi connectivity index (χ1n) is 9.88. The molecule has 0 radical (unpaired) electrons. The van der Waals surface area contributed by atoms with E-state index >= 15 is 0 Å². The molecule has 1 fully saturated rings. The van der Waals surface area contributed by atoms with Gasteiger partial charge in [-0.15, -0.1) is 0 Å². The van der Waals surface area contributed by atoms with Crippen LogP contribution in [0.25, 0.3) is 0 Å². The van der Waals surface area contributed by atoms with Gasteiger partial charge in [0, 0.05) is 31.8 Å². The van der Waals surface area contributed by atoms with E-state index in [4.69, 9.17) is 15.3 Å². The third-order valence-corrected chi connectivity index (χ3v) is 6.66. The van der Waals surface area contributed by atoms with Crippen LogP contribution in [0.5, 0.6) is 5.75 Å². The molecule has 2 atom stereocenters. The SMILES string of the molecule is CC1CN(CCc2cc(C#N)cc(C#N)c2)CC1COc1ccc(S(C)(=O)=O)cc1. The number of nitriles is 2. The average Bonchev–Trinajstić information content (AvgIpc) is 3.09. The molecular weight excluding hydrogens is 398 g/mol. The maximum absolute atomic E-state index is 11.5. The Morgan fingerprint density at radius 2 is 1.70 bits per heavy atom. The van der Waals surface area contributed by atoms with Crippen LogP contribution < -0.4 is 4.74 Å². The van der Waals surface area contributed by atoms with Gasteiger partial charge in [0.1, 0.15) is 5.75 Å². The molecule has 3 rings (SSSR count). The highest BCUT2D eigenvalue weighted by Gasteiger charge is 2.29. The van der Waals surface area contributed by atoms with Crippen molar-refractivity contribution >= 4 is 9.84 Å². The summed E-state index contributed by atoms with van der Waals surface area (Å²) in [7, 11) is -3.20. The van der Waals surface area contributed by atoms with Gasteiger partial charge >= 0.3 is 0 Å². The quantitative estimate of drug-likeness (QED) is 0.679. The average molecular weight is 424 g/mol. The van der Waals surface area contributed by atoms with Crippen molar-refractivity contribution in [3.8, 4) is 17.9 Å². The molecule has 0 N–H and O–H groups in total. The summed E-state index contributed by atoms with van der Waals surface area (Å²) in [5.74, 6) is 1.55. The molecule has 1 aliphatic rings. The normalized spacial score (nSPS) is 19.2. The lowest BCUT2D eigenvalue weighted by Gasteiger charge is -2.17. The molecule has 1 saturated heterocycles. The molecule has 0 saturated carbocycles. The van der Waals surface area contributed by atoms with Crippen LogP contribution in [0.4, 0.5) is 0 Å². The Hall–Kier alpha value is -2.87. The van der Waals surface area contributed by atoms with Crippen molar-refractivity contribution in [1.29, 1.82) is 10.5 Å².